The summed E-state index contributed by atoms with van der Waals surface area (Å²) in [7, 11) is 0. The van der Waals surface area contributed by atoms with Gasteiger partial charge in [0.25, 0.3) is 5.56 Å². The van der Waals surface area contributed by atoms with Gasteiger partial charge in [-0.1, -0.05) is 15.9 Å². The number of nitrogens with zero attached hydrogens (tertiary/aromatic N) is 1. The van der Waals surface area contributed by atoms with E-state index in [4.69, 9.17) is 5.11 Å². The smallest absolute Gasteiger partial charge is 0.338 e. The van der Waals surface area contributed by atoms with Crippen molar-refractivity contribution in [3.8, 4) is 0 Å². The third-order valence-electron chi connectivity index (χ3n) is 1.37. The number of hydrogen-bond acceptors (Lipinski definition) is 3. The minimum Gasteiger partial charge on any atom is -0.479 e. The number of carbonyl (C=O) groups is 1. The lowest BCUT2D eigenvalue weighted by molar-refractivity contribution is -0.137. The van der Waals surface area contributed by atoms with Gasteiger partial charge in [-0.3, -0.25) is 14.3 Å². The molecule has 0 aromatic carbocycles. The molecule has 2 N–H and O–H groups in total. The van der Waals surface area contributed by atoms with Crippen molar-refractivity contribution in [2.45, 2.75) is 4.95 Å². The number of aromatic nitrogens is 2. The number of rotatable bonds is 2. The SMILES string of the molecule is O=C(O)C(Br)n1cc(F)c(=O)[nH]c1=O. The molecule has 76 valence electrons. The Bertz CT molecular complexity index is 479. The molecule has 0 bridgehead atoms. The van der Waals surface area contributed by atoms with Gasteiger partial charge < -0.3 is 5.11 Å². The zero-order valence-electron chi connectivity index (χ0n) is 6.53. The van der Waals surface area contributed by atoms with Gasteiger partial charge in [0.1, 0.15) is 0 Å². The maximum absolute atomic E-state index is 12.7. The Morgan fingerprint density at radius 1 is 1.64 bits per heavy atom. The summed E-state index contributed by atoms with van der Waals surface area (Å²) < 4.78 is 13.2. The first-order chi connectivity index (χ1) is 6.43. The van der Waals surface area contributed by atoms with Crippen LogP contribution < -0.4 is 11.2 Å². The second kappa shape index (κ2) is 3.74. The molecule has 0 spiro atoms. The van der Waals surface area contributed by atoms with Crippen LogP contribution in [0.4, 0.5) is 4.39 Å². The van der Waals surface area contributed by atoms with Crippen LogP contribution in [0.5, 0.6) is 0 Å². The summed E-state index contributed by atoms with van der Waals surface area (Å²) in [4.78, 5) is 32.2. The van der Waals surface area contributed by atoms with Crippen molar-refractivity contribution < 1.29 is 14.3 Å². The molecule has 8 heteroatoms. The molecule has 0 aliphatic carbocycles. The van der Waals surface area contributed by atoms with Crippen molar-refractivity contribution in [3.63, 3.8) is 0 Å². The van der Waals surface area contributed by atoms with Crippen LogP contribution in [-0.2, 0) is 4.79 Å². The van der Waals surface area contributed by atoms with Crippen molar-refractivity contribution in [2.75, 3.05) is 0 Å². The van der Waals surface area contributed by atoms with E-state index in [9.17, 15) is 18.8 Å². The molecule has 0 radical (unpaired) electrons. The molecule has 1 heterocycles. The largest absolute Gasteiger partial charge is 0.479 e. The van der Waals surface area contributed by atoms with E-state index < -0.39 is 28.0 Å². The lowest BCUT2D eigenvalue weighted by Gasteiger charge is -2.06. The standard InChI is InChI=1S/C6H4BrFN2O4/c7-3(5(12)13)10-1-2(8)4(11)9-6(10)14/h1,3H,(H,12,13)(H,9,11,14). The number of carboxylic acids is 1. The molecule has 0 saturated heterocycles. The average Bonchev–Trinajstić information content (AvgIpc) is 2.10. The van der Waals surface area contributed by atoms with Gasteiger partial charge in [0, 0.05) is 0 Å². The van der Waals surface area contributed by atoms with Gasteiger partial charge in [0.15, 0.2) is 4.95 Å². The van der Waals surface area contributed by atoms with Crippen LogP contribution in [0.15, 0.2) is 15.8 Å². The average molecular weight is 267 g/mol. The molecule has 1 aromatic rings. The van der Waals surface area contributed by atoms with Crippen LogP contribution >= 0.6 is 15.9 Å². The Morgan fingerprint density at radius 2 is 2.21 bits per heavy atom. The minimum atomic E-state index is -1.42. The monoisotopic (exact) mass is 266 g/mol. The van der Waals surface area contributed by atoms with Gasteiger partial charge in [-0.05, 0) is 0 Å². The number of H-pyrrole nitrogens is 1. The van der Waals surface area contributed by atoms with Crippen LogP contribution in [0, 0.1) is 5.82 Å². The van der Waals surface area contributed by atoms with E-state index in [1.165, 1.54) is 0 Å². The van der Waals surface area contributed by atoms with E-state index in [1.54, 1.807) is 4.98 Å². The highest BCUT2D eigenvalue weighted by Gasteiger charge is 2.18. The van der Waals surface area contributed by atoms with Crippen LogP contribution in [-0.4, -0.2) is 20.6 Å². The normalized spacial score (nSPS) is 12.4. The fourth-order valence-corrected chi connectivity index (χ4v) is 1.05. The topological polar surface area (TPSA) is 92.2 Å². The molecule has 1 rings (SSSR count). The van der Waals surface area contributed by atoms with Crippen molar-refractivity contribution in [3.05, 3.63) is 32.9 Å². The quantitative estimate of drug-likeness (QED) is 0.716. The molecule has 0 amide bonds. The fraction of sp³-hybridized carbons (Fsp3) is 0.167. The summed E-state index contributed by atoms with van der Waals surface area (Å²) in [5, 5.41) is 8.50. The predicted octanol–water partition coefficient (Wildman–Crippen LogP) is -0.346. The zero-order valence-corrected chi connectivity index (χ0v) is 8.12. The zero-order chi connectivity index (χ0) is 10.9. The fourth-order valence-electron chi connectivity index (χ4n) is 0.748. The van der Waals surface area contributed by atoms with E-state index in [2.05, 4.69) is 15.9 Å². The Hall–Kier alpha value is -1.44. The Balaban J connectivity index is 3.37. The van der Waals surface area contributed by atoms with Crippen molar-refractivity contribution in [1.29, 1.82) is 0 Å². The van der Waals surface area contributed by atoms with E-state index in [0.717, 1.165) is 0 Å². The third kappa shape index (κ3) is 1.90. The second-order valence-electron chi connectivity index (χ2n) is 2.32. The Morgan fingerprint density at radius 3 is 2.71 bits per heavy atom. The summed E-state index contributed by atoms with van der Waals surface area (Å²) in [6.07, 6.45) is 0.523. The predicted molar refractivity (Wildman–Crippen MR) is 46.9 cm³/mol. The number of hydrogen-bond donors (Lipinski definition) is 2. The Labute approximate surface area is 84.1 Å². The van der Waals surface area contributed by atoms with E-state index >= 15 is 0 Å². The molecule has 0 aliphatic rings. The minimum absolute atomic E-state index is 0.513. The van der Waals surface area contributed by atoms with Crippen molar-refractivity contribution >= 4 is 21.9 Å². The first kappa shape index (κ1) is 10.6. The van der Waals surface area contributed by atoms with Crippen LogP contribution in [0.25, 0.3) is 0 Å². The number of carboxylic acid groups (broad SMARTS) is 1. The number of nitrogens with one attached hydrogen (secondary N) is 1. The van der Waals surface area contributed by atoms with Crippen molar-refractivity contribution in [1.82, 2.24) is 9.55 Å². The number of halogens is 2. The van der Waals surface area contributed by atoms with Gasteiger partial charge in [0.2, 0.25) is 5.82 Å². The summed E-state index contributed by atoms with van der Waals surface area (Å²) >= 11 is 2.63. The van der Waals surface area contributed by atoms with Gasteiger partial charge in [-0.25, -0.2) is 9.59 Å². The summed E-state index contributed by atoms with van der Waals surface area (Å²) in [6, 6.07) is 0. The molecule has 1 unspecified atom stereocenters. The van der Waals surface area contributed by atoms with E-state index in [-0.39, 0.29) is 0 Å². The van der Waals surface area contributed by atoms with Crippen LogP contribution in [0.1, 0.15) is 4.95 Å². The number of aliphatic carboxylic acids is 1. The molecule has 0 aliphatic heterocycles. The first-order valence-corrected chi connectivity index (χ1v) is 4.23. The van der Waals surface area contributed by atoms with Gasteiger partial charge in [-0.15, -0.1) is 0 Å². The van der Waals surface area contributed by atoms with Gasteiger partial charge >= 0.3 is 11.7 Å². The lowest BCUT2D eigenvalue weighted by atomic mass is 10.5. The molecule has 6 nitrogen and oxygen atoms in total. The maximum Gasteiger partial charge on any atom is 0.338 e. The Kier molecular flexibility index (Phi) is 2.84. The lowest BCUT2D eigenvalue weighted by Crippen LogP contribution is -2.34. The molecule has 1 atom stereocenters. The molecular weight excluding hydrogens is 263 g/mol. The highest BCUT2D eigenvalue weighted by Crippen LogP contribution is 2.11. The number of alkyl halides is 1. The third-order valence-corrected chi connectivity index (χ3v) is 2.21. The van der Waals surface area contributed by atoms with Crippen LogP contribution in [0.2, 0.25) is 0 Å². The molecular formula is C6H4BrFN2O4. The first-order valence-electron chi connectivity index (χ1n) is 3.31. The highest BCUT2D eigenvalue weighted by atomic mass is 79.9. The number of aromatic amines is 1. The second-order valence-corrected chi connectivity index (χ2v) is 3.18. The van der Waals surface area contributed by atoms with Crippen LogP contribution in [0.3, 0.4) is 0 Å². The highest BCUT2D eigenvalue weighted by molar-refractivity contribution is 9.09. The molecule has 0 fully saturated rings. The maximum atomic E-state index is 12.7. The molecule has 0 saturated carbocycles. The molecule has 14 heavy (non-hydrogen) atoms. The van der Waals surface area contributed by atoms with Gasteiger partial charge in [0.05, 0.1) is 6.20 Å². The van der Waals surface area contributed by atoms with Gasteiger partial charge in [-0.2, -0.15) is 4.39 Å². The summed E-state index contributed by atoms with van der Waals surface area (Å²) in [6.45, 7) is 0. The van der Waals surface area contributed by atoms with Crippen molar-refractivity contribution in [2.24, 2.45) is 0 Å². The summed E-state index contributed by atoms with van der Waals surface area (Å²) in [5.41, 5.74) is -2.18. The van der Waals surface area contributed by atoms with E-state index in [0.29, 0.717) is 10.8 Å². The summed E-state index contributed by atoms with van der Waals surface area (Å²) in [5.74, 6) is -2.60. The molecule has 1 aromatic heterocycles. The van der Waals surface area contributed by atoms with E-state index in [1.807, 2.05) is 0 Å².